The van der Waals surface area contributed by atoms with Crippen molar-refractivity contribution >= 4 is 21.8 Å². The van der Waals surface area contributed by atoms with Crippen LogP contribution in [-0.2, 0) is 6.18 Å². The molecule has 1 N–H and O–H groups in total. The molecule has 0 aliphatic heterocycles. The van der Waals surface area contributed by atoms with Crippen LogP contribution in [0.3, 0.4) is 0 Å². The fourth-order valence-electron chi connectivity index (χ4n) is 3.94. The van der Waals surface area contributed by atoms with Crippen LogP contribution in [0.1, 0.15) is 69.1 Å². The van der Waals surface area contributed by atoms with Gasteiger partial charge in [-0.25, -0.2) is 4.98 Å². The molecule has 0 aliphatic carbocycles. The van der Waals surface area contributed by atoms with E-state index < -0.39 is 41.9 Å². The first kappa shape index (κ1) is 26.1. The van der Waals surface area contributed by atoms with E-state index >= 15 is 0 Å². The third kappa shape index (κ3) is 6.74. The van der Waals surface area contributed by atoms with Crippen LogP contribution in [-0.4, -0.2) is 22.9 Å². The summed E-state index contributed by atoms with van der Waals surface area (Å²) in [5.74, 6) is -0.927. The van der Waals surface area contributed by atoms with Gasteiger partial charge in [-0.1, -0.05) is 57.6 Å². The normalized spacial score (nSPS) is 13.5. The average Bonchev–Trinajstić information content (AvgIpc) is 2.76. The van der Waals surface area contributed by atoms with E-state index in [0.717, 1.165) is 38.2 Å². The molecule has 1 aromatic heterocycles. The summed E-state index contributed by atoms with van der Waals surface area (Å²) in [6, 6.07) is 8.53. The molecule has 186 valence electrons. The molecule has 0 saturated carbocycles. The lowest BCUT2D eigenvalue weighted by Crippen LogP contribution is -2.21. The van der Waals surface area contributed by atoms with E-state index in [1.165, 1.54) is 24.6 Å². The van der Waals surface area contributed by atoms with Gasteiger partial charge in [0.25, 0.3) is 0 Å². The minimum atomic E-state index is -4.98. The molecule has 0 aliphatic rings. The molecule has 0 fully saturated rings. The molecular weight excluding hydrogens is 460 g/mol. The largest absolute Gasteiger partial charge is 0.483 e. The summed E-state index contributed by atoms with van der Waals surface area (Å²) < 4.78 is 83.5. The van der Waals surface area contributed by atoms with Crippen molar-refractivity contribution in [3.05, 3.63) is 47.5 Å². The number of ether oxygens (including phenoxy) is 1. The SMILES string of the molecule is CCCCCCCCC(O)c1ccc2cc3ccc(OCC(F)(F)F)c(C(F)(F)F)c3nc2c1. The maximum atomic E-state index is 13.8. The highest BCUT2D eigenvalue weighted by atomic mass is 19.4. The van der Waals surface area contributed by atoms with E-state index in [-0.39, 0.29) is 10.9 Å². The lowest BCUT2D eigenvalue weighted by atomic mass is 9.99. The van der Waals surface area contributed by atoms with Gasteiger partial charge in [0, 0.05) is 10.8 Å². The Bertz CT molecular complexity index is 1110. The molecule has 3 rings (SSSR count). The Balaban J connectivity index is 1.91. The van der Waals surface area contributed by atoms with Gasteiger partial charge < -0.3 is 9.84 Å². The number of halogens is 6. The van der Waals surface area contributed by atoms with Crippen molar-refractivity contribution in [2.45, 2.75) is 70.3 Å². The van der Waals surface area contributed by atoms with Crippen LogP contribution in [0.25, 0.3) is 21.8 Å². The molecule has 0 saturated heterocycles. The van der Waals surface area contributed by atoms with Crippen molar-refractivity contribution in [3.63, 3.8) is 0 Å². The van der Waals surface area contributed by atoms with Gasteiger partial charge in [-0.15, -0.1) is 0 Å². The summed E-state index contributed by atoms with van der Waals surface area (Å²) in [6.45, 7) is 0.290. The second kappa shape index (κ2) is 10.8. The van der Waals surface area contributed by atoms with E-state index in [9.17, 15) is 31.4 Å². The van der Waals surface area contributed by atoms with Gasteiger partial charge >= 0.3 is 12.4 Å². The zero-order valence-electron chi connectivity index (χ0n) is 18.8. The lowest BCUT2D eigenvalue weighted by Gasteiger charge is -2.17. The molecule has 0 amide bonds. The summed E-state index contributed by atoms with van der Waals surface area (Å²) in [4.78, 5) is 4.13. The number of rotatable bonds is 10. The van der Waals surface area contributed by atoms with Crippen LogP contribution in [0, 0.1) is 0 Å². The average molecular weight is 487 g/mol. The predicted molar refractivity (Wildman–Crippen MR) is 119 cm³/mol. The Hall–Kier alpha value is -2.55. The van der Waals surface area contributed by atoms with Crippen molar-refractivity contribution in [1.82, 2.24) is 4.98 Å². The number of pyridine rings is 1. The minimum absolute atomic E-state index is 0.125. The van der Waals surface area contributed by atoms with E-state index in [1.807, 2.05) is 0 Å². The number of hydrogen-bond donors (Lipinski definition) is 1. The second-order valence-electron chi connectivity index (χ2n) is 8.42. The Morgan fingerprint density at radius 1 is 0.882 bits per heavy atom. The number of aliphatic hydroxyl groups excluding tert-OH is 1. The van der Waals surface area contributed by atoms with Gasteiger partial charge in [0.15, 0.2) is 6.61 Å². The number of unbranched alkanes of at least 4 members (excludes halogenated alkanes) is 5. The quantitative estimate of drug-likeness (QED) is 0.178. The molecular formula is C25H27F6NO2. The van der Waals surface area contributed by atoms with E-state index in [2.05, 4.69) is 16.6 Å². The Morgan fingerprint density at radius 2 is 1.56 bits per heavy atom. The van der Waals surface area contributed by atoms with Crippen LogP contribution in [0.5, 0.6) is 5.75 Å². The minimum Gasteiger partial charge on any atom is -0.483 e. The lowest BCUT2D eigenvalue weighted by molar-refractivity contribution is -0.158. The van der Waals surface area contributed by atoms with Crippen LogP contribution < -0.4 is 4.74 Å². The van der Waals surface area contributed by atoms with Gasteiger partial charge in [-0.05, 0) is 36.2 Å². The van der Waals surface area contributed by atoms with E-state index in [1.54, 1.807) is 12.1 Å². The van der Waals surface area contributed by atoms with Crippen LogP contribution >= 0.6 is 0 Å². The van der Waals surface area contributed by atoms with Crippen molar-refractivity contribution in [2.75, 3.05) is 6.61 Å². The summed E-state index contributed by atoms with van der Waals surface area (Å²) in [5.41, 5.74) is -1.10. The fraction of sp³-hybridized carbons (Fsp3) is 0.480. The van der Waals surface area contributed by atoms with Crippen LogP contribution in [0.15, 0.2) is 36.4 Å². The summed E-state index contributed by atoms with van der Waals surface area (Å²) >= 11 is 0. The summed E-state index contributed by atoms with van der Waals surface area (Å²) in [6.07, 6.45) is -3.64. The molecule has 1 unspecified atom stereocenters. The zero-order valence-corrected chi connectivity index (χ0v) is 18.8. The maximum Gasteiger partial charge on any atom is 0.422 e. The molecule has 1 atom stereocenters. The Morgan fingerprint density at radius 3 is 2.24 bits per heavy atom. The van der Waals surface area contributed by atoms with Gasteiger partial charge in [-0.3, -0.25) is 0 Å². The standard InChI is InChI=1S/C25H27F6NO2/c1-2-3-4-5-6-7-8-20(33)17-10-9-16-13-18-11-12-21(34-15-24(26,27)28)22(25(29,30)31)23(18)32-19(16)14-17/h9-14,20,33H,2-8,15H2,1H3. The number of aliphatic hydroxyl groups is 1. The number of alkyl halides is 6. The molecule has 0 radical (unpaired) electrons. The predicted octanol–water partition coefficient (Wildman–Crippen LogP) is 8.13. The Kier molecular flexibility index (Phi) is 8.28. The highest BCUT2D eigenvalue weighted by Gasteiger charge is 2.39. The summed E-state index contributed by atoms with van der Waals surface area (Å²) in [7, 11) is 0. The van der Waals surface area contributed by atoms with Crippen molar-refractivity contribution in [3.8, 4) is 5.75 Å². The van der Waals surface area contributed by atoms with Crippen LogP contribution in [0.4, 0.5) is 26.3 Å². The number of hydrogen-bond acceptors (Lipinski definition) is 3. The third-order valence-corrected chi connectivity index (χ3v) is 5.66. The van der Waals surface area contributed by atoms with Crippen molar-refractivity contribution < 1.29 is 36.2 Å². The van der Waals surface area contributed by atoms with Gasteiger partial charge in [0.05, 0.1) is 17.1 Å². The van der Waals surface area contributed by atoms with Gasteiger partial charge in [0.1, 0.15) is 11.3 Å². The molecule has 0 spiro atoms. The molecule has 34 heavy (non-hydrogen) atoms. The molecule has 9 heteroatoms. The first-order chi connectivity index (χ1) is 16.0. The second-order valence-corrected chi connectivity index (χ2v) is 8.42. The maximum absolute atomic E-state index is 13.8. The molecule has 3 nitrogen and oxygen atoms in total. The van der Waals surface area contributed by atoms with Crippen molar-refractivity contribution in [1.29, 1.82) is 0 Å². The fourth-order valence-corrected chi connectivity index (χ4v) is 3.94. The molecule has 1 heterocycles. The first-order valence-corrected chi connectivity index (χ1v) is 11.3. The monoisotopic (exact) mass is 487 g/mol. The van der Waals surface area contributed by atoms with Crippen LogP contribution in [0.2, 0.25) is 0 Å². The smallest absolute Gasteiger partial charge is 0.422 e. The number of fused-ring (bicyclic) bond motifs is 2. The molecule has 0 bridgehead atoms. The van der Waals surface area contributed by atoms with Crippen molar-refractivity contribution in [2.24, 2.45) is 0 Å². The Labute approximate surface area is 193 Å². The molecule has 2 aromatic carbocycles. The highest BCUT2D eigenvalue weighted by molar-refractivity contribution is 5.95. The molecule has 3 aromatic rings. The number of aromatic nitrogens is 1. The third-order valence-electron chi connectivity index (χ3n) is 5.66. The van der Waals surface area contributed by atoms with Gasteiger partial charge in [0.2, 0.25) is 0 Å². The number of nitrogens with zero attached hydrogens (tertiary/aromatic N) is 1. The van der Waals surface area contributed by atoms with E-state index in [4.69, 9.17) is 0 Å². The topological polar surface area (TPSA) is 42.4 Å². The summed E-state index contributed by atoms with van der Waals surface area (Å²) in [5, 5.41) is 11.2. The highest BCUT2D eigenvalue weighted by Crippen LogP contribution is 2.42. The van der Waals surface area contributed by atoms with E-state index in [0.29, 0.717) is 17.4 Å². The van der Waals surface area contributed by atoms with Gasteiger partial charge in [-0.2, -0.15) is 26.3 Å². The zero-order chi connectivity index (χ0) is 24.9. The first-order valence-electron chi connectivity index (χ1n) is 11.3. The number of benzene rings is 2.